The summed E-state index contributed by atoms with van der Waals surface area (Å²) in [7, 11) is -2.81. The molecule has 174 valence electrons. The van der Waals surface area contributed by atoms with Crippen LogP contribution in [0.25, 0.3) is 0 Å². The highest BCUT2D eigenvalue weighted by Crippen LogP contribution is 2.36. The predicted octanol–water partition coefficient (Wildman–Crippen LogP) is 5.49. The van der Waals surface area contributed by atoms with E-state index in [0.717, 1.165) is 12.1 Å². The smallest absolute Gasteiger partial charge is 0.367 e. The standard InChI is InChI=1S/C22H18ClF3N2O4S/c1-32-20(14-5-3-2-4-6-14)21(29)27-15-7-10-17(11-8-15)33(30,31)28-16-9-12-19(23)18(13-16)22(24,25)26/h2-13,20,28H,1H3,(H,27,29). The number of carbonyl (C=O) groups excluding carboxylic acids is 1. The van der Waals surface area contributed by atoms with E-state index in [9.17, 15) is 26.4 Å². The molecule has 0 radical (unpaired) electrons. The Hall–Kier alpha value is -3.08. The molecular formula is C22H18ClF3N2O4S. The molecule has 1 amide bonds. The van der Waals surface area contributed by atoms with Crippen LogP contribution in [0.15, 0.2) is 77.7 Å². The molecule has 3 aromatic rings. The van der Waals surface area contributed by atoms with Gasteiger partial charge in [0.05, 0.1) is 15.5 Å². The lowest BCUT2D eigenvalue weighted by Gasteiger charge is -2.16. The van der Waals surface area contributed by atoms with Gasteiger partial charge in [-0.2, -0.15) is 13.2 Å². The van der Waals surface area contributed by atoms with Crippen molar-refractivity contribution in [3.63, 3.8) is 0 Å². The summed E-state index contributed by atoms with van der Waals surface area (Å²) in [6.45, 7) is 0. The maximum Gasteiger partial charge on any atom is 0.417 e. The molecule has 33 heavy (non-hydrogen) atoms. The summed E-state index contributed by atoms with van der Waals surface area (Å²) in [6, 6.07) is 16.6. The van der Waals surface area contributed by atoms with Crippen LogP contribution in [0.2, 0.25) is 5.02 Å². The van der Waals surface area contributed by atoms with E-state index in [1.807, 2.05) is 0 Å². The van der Waals surface area contributed by atoms with E-state index in [1.165, 1.54) is 31.4 Å². The number of alkyl halides is 3. The molecule has 11 heteroatoms. The minimum absolute atomic E-state index is 0.213. The summed E-state index contributed by atoms with van der Waals surface area (Å²) in [4.78, 5) is 12.3. The zero-order valence-corrected chi connectivity index (χ0v) is 18.6. The maximum absolute atomic E-state index is 13.0. The minimum Gasteiger partial charge on any atom is -0.367 e. The Morgan fingerprint density at radius 1 is 0.970 bits per heavy atom. The Morgan fingerprint density at radius 3 is 2.15 bits per heavy atom. The first-order valence-electron chi connectivity index (χ1n) is 9.39. The maximum atomic E-state index is 13.0. The quantitative estimate of drug-likeness (QED) is 0.451. The van der Waals surface area contributed by atoms with Crippen molar-refractivity contribution in [1.82, 2.24) is 0 Å². The Kier molecular flexibility index (Phi) is 7.31. The Bertz CT molecular complexity index is 1230. The number of nitrogens with one attached hydrogen (secondary N) is 2. The number of rotatable bonds is 7. The fourth-order valence-electron chi connectivity index (χ4n) is 2.97. The van der Waals surface area contributed by atoms with Crippen molar-refractivity contribution in [2.75, 3.05) is 17.1 Å². The van der Waals surface area contributed by atoms with Crippen molar-refractivity contribution in [1.29, 1.82) is 0 Å². The van der Waals surface area contributed by atoms with Gasteiger partial charge in [0.2, 0.25) is 0 Å². The van der Waals surface area contributed by atoms with Crippen molar-refractivity contribution in [2.24, 2.45) is 0 Å². The predicted molar refractivity (Wildman–Crippen MR) is 119 cm³/mol. The normalized spacial score (nSPS) is 12.8. The van der Waals surface area contributed by atoms with Crippen LogP contribution >= 0.6 is 11.6 Å². The monoisotopic (exact) mass is 498 g/mol. The first-order chi connectivity index (χ1) is 15.5. The van der Waals surface area contributed by atoms with Crippen molar-refractivity contribution in [2.45, 2.75) is 17.2 Å². The second-order valence-electron chi connectivity index (χ2n) is 6.84. The van der Waals surface area contributed by atoms with Gasteiger partial charge in [-0.05, 0) is 48.0 Å². The SMILES string of the molecule is COC(C(=O)Nc1ccc(S(=O)(=O)Nc2ccc(Cl)c(C(F)(F)F)c2)cc1)c1ccccc1. The molecule has 0 saturated heterocycles. The number of benzene rings is 3. The van der Waals surface area contributed by atoms with E-state index in [2.05, 4.69) is 10.0 Å². The summed E-state index contributed by atoms with van der Waals surface area (Å²) in [5.74, 6) is -0.460. The number of halogens is 4. The van der Waals surface area contributed by atoms with Gasteiger partial charge in [-0.25, -0.2) is 8.42 Å². The Morgan fingerprint density at radius 2 is 1.58 bits per heavy atom. The summed E-state index contributed by atoms with van der Waals surface area (Å²) >= 11 is 5.56. The van der Waals surface area contributed by atoms with Gasteiger partial charge in [0, 0.05) is 18.5 Å². The molecule has 1 unspecified atom stereocenters. The average molecular weight is 499 g/mol. The van der Waals surface area contributed by atoms with Gasteiger partial charge in [-0.3, -0.25) is 9.52 Å². The lowest BCUT2D eigenvalue weighted by molar-refractivity contribution is -0.137. The summed E-state index contributed by atoms with van der Waals surface area (Å²) in [5.41, 5.74) is -0.506. The van der Waals surface area contributed by atoms with Crippen LogP contribution in [0, 0.1) is 0 Å². The Balaban J connectivity index is 1.75. The van der Waals surface area contributed by atoms with Crippen molar-refractivity contribution >= 4 is 38.9 Å². The molecule has 0 aromatic heterocycles. The fraction of sp³-hybridized carbons (Fsp3) is 0.136. The molecule has 3 aromatic carbocycles. The lowest BCUT2D eigenvalue weighted by atomic mass is 10.1. The lowest BCUT2D eigenvalue weighted by Crippen LogP contribution is -2.22. The van der Waals surface area contributed by atoms with E-state index < -0.39 is 38.8 Å². The number of carbonyl (C=O) groups is 1. The number of amides is 1. The first kappa shape index (κ1) is 24.6. The number of hydrogen-bond donors (Lipinski definition) is 2. The fourth-order valence-corrected chi connectivity index (χ4v) is 4.24. The van der Waals surface area contributed by atoms with Gasteiger partial charge >= 0.3 is 6.18 Å². The summed E-state index contributed by atoms with van der Waals surface area (Å²) in [6.07, 6.45) is -5.61. The highest BCUT2D eigenvalue weighted by Gasteiger charge is 2.33. The van der Waals surface area contributed by atoms with Crippen LogP contribution in [0.5, 0.6) is 0 Å². The molecule has 0 aliphatic rings. The molecule has 2 N–H and O–H groups in total. The van der Waals surface area contributed by atoms with E-state index in [-0.39, 0.29) is 10.6 Å². The highest BCUT2D eigenvalue weighted by atomic mass is 35.5. The Labute approximate surface area is 193 Å². The largest absolute Gasteiger partial charge is 0.417 e. The number of hydrogen-bond acceptors (Lipinski definition) is 4. The molecule has 0 aliphatic heterocycles. The summed E-state index contributed by atoms with van der Waals surface area (Å²) < 4.78 is 71.6. The van der Waals surface area contributed by atoms with Gasteiger partial charge in [0.15, 0.2) is 6.10 Å². The third kappa shape index (κ3) is 6.04. The zero-order valence-electron chi connectivity index (χ0n) is 17.1. The number of ether oxygens (including phenoxy) is 1. The zero-order chi connectivity index (χ0) is 24.2. The van der Waals surface area contributed by atoms with Crippen molar-refractivity contribution in [3.05, 3.63) is 88.9 Å². The molecule has 1 atom stereocenters. The third-order valence-electron chi connectivity index (χ3n) is 4.53. The van der Waals surface area contributed by atoms with E-state index >= 15 is 0 Å². The average Bonchev–Trinajstić information content (AvgIpc) is 2.76. The van der Waals surface area contributed by atoms with Crippen LogP contribution in [0.3, 0.4) is 0 Å². The van der Waals surface area contributed by atoms with E-state index in [1.54, 1.807) is 30.3 Å². The second-order valence-corrected chi connectivity index (χ2v) is 8.93. The van der Waals surface area contributed by atoms with Gasteiger partial charge < -0.3 is 10.1 Å². The van der Waals surface area contributed by atoms with Gasteiger partial charge in [0.25, 0.3) is 15.9 Å². The molecule has 6 nitrogen and oxygen atoms in total. The van der Waals surface area contributed by atoms with Crippen LogP contribution in [-0.2, 0) is 25.7 Å². The van der Waals surface area contributed by atoms with Gasteiger partial charge in [-0.1, -0.05) is 41.9 Å². The molecular weight excluding hydrogens is 481 g/mol. The second kappa shape index (κ2) is 9.82. The van der Waals surface area contributed by atoms with Gasteiger partial charge in [0.1, 0.15) is 0 Å². The molecule has 0 spiro atoms. The molecule has 0 fully saturated rings. The number of methoxy groups -OCH3 is 1. The van der Waals surface area contributed by atoms with E-state index in [0.29, 0.717) is 17.3 Å². The van der Waals surface area contributed by atoms with Gasteiger partial charge in [-0.15, -0.1) is 0 Å². The van der Waals surface area contributed by atoms with E-state index in [4.69, 9.17) is 16.3 Å². The van der Waals surface area contributed by atoms with Crippen molar-refractivity contribution in [3.8, 4) is 0 Å². The number of anilines is 2. The molecule has 0 heterocycles. The summed E-state index contributed by atoms with van der Waals surface area (Å²) in [5, 5.41) is 2.09. The van der Waals surface area contributed by atoms with Crippen LogP contribution in [0.1, 0.15) is 17.2 Å². The molecule has 0 bridgehead atoms. The first-order valence-corrected chi connectivity index (χ1v) is 11.3. The minimum atomic E-state index is -4.74. The molecule has 0 aliphatic carbocycles. The topological polar surface area (TPSA) is 84.5 Å². The van der Waals surface area contributed by atoms with Crippen molar-refractivity contribution < 1.29 is 31.1 Å². The van der Waals surface area contributed by atoms with Crippen LogP contribution in [0.4, 0.5) is 24.5 Å². The van der Waals surface area contributed by atoms with Crippen LogP contribution < -0.4 is 10.0 Å². The third-order valence-corrected chi connectivity index (χ3v) is 6.26. The molecule has 3 rings (SSSR count). The van der Waals surface area contributed by atoms with Crippen LogP contribution in [-0.4, -0.2) is 21.4 Å². The number of sulfonamides is 1. The molecule has 0 saturated carbocycles. The highest BCUT2D eigenvalue weighted by molar-refractivity contribution is 7.92.